The summed E-state index contributed by atoms with van der Waals surface area (Å²) in [4.78, 5) is 41.9. The van der Waals surface area contributed by atoms with Gasteiger partial charge in [0.2, 0.25) is 5.91 Å². The Hall–Kier alpha value is -3.93. The van der Waals surface area contributed by atoms with Crippen molar-refractivity contribution in [3.63, 3.8) is 0 Å². The molecule has 5 rings (SSSR count). The van der Waals surface area contributed by atoms with Crippen molar-refractivity contribution in [2.75, 3.05) is 16.8 Å². The Balaban J connectivity index is 1.43. The third-order valence-corrected chi connectivity index (χ3v) is 6.67. The standard InChI is InChI=1S/C28H27N3O3/c1-17-8-11-20(12-9-17)29-24-15-19(3)31(25-13-10-18(2)14-23(24)25)26(32)16-30-27(33)21-6-4-5-7-22(21)28(30)34/h4-14,19,24,29H,15-16H2,1-3H3/t19-,24-/m0/s1. The first-order valence-corrected chi connectivity index (χ1v) is 11.5. The third kappa shape index (κ3) is 3.75. The number of aryl methyl sites for hydroxylation is 2. The minimum atomic E-state index is -0.415. The largest absolute Gasteiger partial charge is 0.378 e. The van der Waals surface area contributed by atoms with Gasteiger partial charge >= 0.3 is 0 Å². The molecule has 3 aromatic rings. The van der Waals surface area contributed by atoms with E-state index in [1.807, 2.05) is 26.0 Å². The fraction of sp³-hybridized carbons (Fsp3) is 0.250. The van der Waals surface area contributed by atoms with E-state index in [4.69, 9.17) is 0 Å². The van der Waals surface area contributed by atoms with Crippen LogP contribution in [0.3, 0.4) is 0 Å². The molecule has 6 nitrogen and oxygen atoms in total. The number of nitrogens with zero attached hydrogens (tertiary/aromatic N) is 2. The molecule has 0 saturated heterocycles. The van der Waals surface area contributed by atoms with Gasteiger partial charge in [-0.1, -0.05) is 47.5 Å². The van der Waals surface area contributed by atoms with Crippen LogP contribution in [0.2, 0.25) is 0 Å². The quantitative estimate of drug-likeness (QED) is 0.572. The number of carbonyl (C=O) groups is 3. The van der Waals surface area contributed by atoms with Crippen LogP contribution in [-0.4, -0.2) is 35.2 Å². The van der Waals surface area contributed by atoms with Crippen LogP contribution in [0.4, 0.5) is 11.4 Å². The zero-order valence-electron chi connectivity index (χ0n) is 19.5. The van der Waals surface area contributed by atoms with E-state index < -0.39 is 11.8 Å². The molecule has 0 radical (unpaired) electrons. The molecule has 172 valence electrons. The van der Waals surface area contributed by atoms with E-state index >= 15 is 0 Å². The first-order chi connectivity index (χ1) is 16.3. The number of imide groups is 1. The van der Waals surface area contributed by atoms with Crippen LogP contribution in [-0.2, 0) is 4.79 Å². The highest BCUT2D eigenvalue weighted by atomic mass is 16.2. The second kappa shape index (κ2) is 8.45. The predicted molar refractivity (Wildman–Crippen MR) is 132 cm³/mol. The Labute approximate surface area is 199 Å². The lowest BCUT2D eigenvalue weighted by molar-refractivity contribution is -0.119. The smallest absolute Gasteiger partial charge is 0.262 e. The summed E-state index contributed by atoms with van der Waals surface area (Å²) in [7, 11) is 0. The third-order valence-electron chi connectivity index (χ3n) is 6.67. The Bertz CT molecular complexity index is 1260. The summed E-state index contributed by atoms with van der Waals surface area (Å²) < 4.78 is 0. The van der Waals surface area contributed by atoms with E-state index in [9.17, 15) is 14.4 Å². The molecule has 0 spiro atoms. The number of rotatable bonds is 4. The number of anilines is 2. The van der Waals surface area contributed by atoms with Crippen molar-refractivity contribution < 1.29 is 14.4 Å². The van der Waals surface area contributed by atoms with E-state index in [2.05, 4.69) is 42.6 Å². The maximum atomic E-state index is 13.5. The van der Waals surface area contributed by atoms with E-state index in [1.54, 1.807) is 29.2 Å². The fourth-order valence-electron chi connectivity index (χ4n) is 4.95. The summed E-state index contributed by atoms with van der Waals surface area (Å²) in [6.45, 7) is 5.82. The lowest BCUT2D eigenvalue weighted by Crippen LogP contribution is -2.49. The van der Waals surface area contributed by atoms with Gasteiger partial charge in [-0.3, -0.25) is 19.3 Å². The Kier molecular flexibility index (Phi) is 5.44. The van der Waals surface area contributed by atoms with Crippen molar-refractivity contribution in [3.05, 3.63) is 94.5 Å². The van der Waals surface area contributed by atoms with Crippen molar-refractivity contribution in [2.24, 2.45) is 0 Å². The molecule has 0 saturated carbocycles. The van der Waals surface area contributed by atoms with Gasteiger partial charge in [-0.2, -0.15) is 0 Å². The van der Waals surface area contributed by atoms with Gasteiger partial charge in [-0.25, -0.2) is 0 Å². The summed E-state index contributed by atoms with van der Waals surface area (Å²) >= 11 is 0. The second-order valence-electron chi connectivity index (χ2n) is 9.22. The molecule has 0 fully saturated rings. The van der Waals surface area contributed by atoms with Gasteiger partial charge in [-0.05, 0) is 63.1 Å². The molecule has 3 amide bonds. The van der Waals surface area contributed by atoms with E-state index in [0.717, 1.165) is 27.4 Å². The van der Waals surface area contributed by atoms with Gasteiger partial charge in [0, 0.05) is 17.4 Å². The topological polar surface area (TPSA) is 69.7 Å². The van der Waals surface area contributed by atoms with Crippen LogP contribution < -0.4 is 10.2 Å². The number of hydrogen-bond acceptors (Lipinski definition) is 4. The number of amides is 3. The number of nitrogens with one attached hydrogen (secondary N) is 1. The molecule has 0 unspecified atom stereocenters. The molecule has 2 atom stereocenters. The Morgan fingerprint density at radius 2 is 1.53 bits per heavy atom. The van der Waals surface area contributed by atoms with E-state index in [1.165, 1.54) is 5.56 Å². The van der Waals surface area contributed by atoms with E-state index in [0.29, 0.717) is 17.5 Å². The highest BCUT2D eigenvalue weighted by Crippen LogP contribution is 2.40. The lowest BCUT2D eigenvalue weighted by atomic mass is 9.90. The molecular formula is C28H27N3O3. The molecule has 2 heterocycles. The maximum absolute atomic E-state index is 13.5. The number of carbonyl (C=O) groups excluding carboxylic acids is 3. The van der Waals surface area contributed by atoms with Crippen molar-refractivity contribution in [1.29, 1.82) is 0 Å². The molecule has 34 heavy (non-hydrogen) atoms. The average molecular weight is 454 g/mol. The van der Waals surface area contributed by atoms with Crippen molar-refractivity contribution in [2.45, 2.75) is 39.3 Å². The number of benzene rings is 3. The summed E-state index contributed by atoms with van der Waals surface area (Å²) in [5.74, 6) is -1.09. The maximum Gasteiger partial charge on any atom is 0.262 e. The summed E-state index contributed by atoms with van der Waals surface area (Å²) in [5, 5.41) is 3.62. The normalized spacial score (nSPS) is 19.1. The van der Waals surface area contributed by atoms with Gasteiger partial charge in [-0.15, -0.1) is 0 Å². The predicted octanol–water partition coefficient (Wildman–Crippen LogP) is 4.88. The Morgan fingerprint density at radius 3 is 2.18 bits per heavy atom. The SMILES string of the molecule is Cc1ccc(N[C@H]2C[C@H](C)N(C(=O)CN3C(=O)c4ccccc4C3=O)c3ccc(C)cc32)cc1. The van der Waals surface area contributed by atoms with Crippen LogP contribution in [0.15, 0.2) is 66.7 Å². The second-order valence-corrected chi connectivity index (χ2v) is 9.22. The zero-order valence-corrected chi connectivity index (χ0v) is 19.5. The number of hydrogen-bond donors (Lipinski definition) is 1. The lowest BCUT2D eigenvalue weighted by Gasteiger charge is -2.40. The summed E-state index contributed by atoms with van der Waals surface area (Å²) in [6.07, 6.45) is 0.707. The summed E-state index contributed by atoms with van der Waals surface area (Å²) in [5.41, 5.74) is 5.89. The monoisotopic (exact) mass is 453 g/mol. The average Bonchev–Trinajstić information content (AvgIpc) is 3.06. The van der Waals surface area contributed by atoms with Crippen molar-refractivity contribution in [1.82, 2.24) is 4.90 Å². The van der Waals surface area contributed by atoms with Gasteiger partial charge in [0.25, 0.3) is 11.8 Å². The molecular weight excluding hydrogens is 426 g/mol. The first-order valence-electron chi connectivity index (χ1n) is 11.5. The molecule has 0 bridgehead atoms. The number of fused-ring (bicyclic) bond motifs is 2. The van der Waals surface area contributed by atoms with Gasteiger partial charge in [0.1, 0.15) is 6.54 Å². The van der Waals surface area contributed by atoms with Crippen molar-refractivity contribution in [3.8, 4) is 0 Å². The molecule has 0 aliphatic carbocycles. The summed E-state index contributed by atoms with van der Waals surface area (Å²) in [6, 6.07) is 21.0. The van der Waals surface area contributed by atoms with E-state index in [-0.39, 0.29) is 24.5 Å². The molecule has 0 aromatic heterocycles. The zero-order chi connectivity index (χ0) is 24.0. The van der Waals surface area contributed by atoms with Gasteiger partial charge < -0.3 is 10.2 Å². The Morgan fingerprint density at radius 1 is 0.912 bits per heavy atom. The first kappa shape index (κ1) is 21.9. The van der Waals surface area contributed by atoms with Crippen LogP contribution in [0.5, 0.6) is 0 Å². The molecule has 3 aromatic carbocycles. The van der Waals surface area contributed by atoms with Crippen molar-refractivity contribution >= 4 is 29.1 Å². The van der Waals surface area contributed by atoms with Gasteiger partial charge in [0.15, 0.2) is 0 Å². The van der Waals surface area contributed by atoms with Crippen LogP contribution in [0.1, 0.15) is 56.8 Å². The molecule has 1 N–H and O–H groups in total. The minimum Gasteiger partial charge on any atom is -0.378 e. The molecule has 6 heteroatoms. The van der Waals surface area contributed by atoms with Crippen LogP contribution in [0.25, 0.3) is 0 Å². The van der Waals surface area contributed by atoms with Crippen LogP contribution in [0, 0.1) is 13.8 Å². The fourth-order valence-corrected chi connectivity index (χ4v) is 4.95. The minimum absolute atomic E-state index is 0.0379. The molecule has 2 aliphatic rings. The molecule has 2 aliphatic heterocycles. The van der Waals surface area contributed by atoms with Crippen LogP contribution >= 0.6 is 0 Å². The highest BCUT2D eigenvalue weighted by Gasteiger charge is 2.40. The van der Waals surface area contributed by atoms with Gasteiger partial charge in [0.05, 0.1) is 17.2 Å². The highest BCUT2D eigenvalue weighted by molar-refractivity contribution is 6.22.